The van der Waals surface area contributed by atoms with E-state index in [4.69, 9.17) is 5.10 Å². The lowest BCUT2D eigenvalue weighted by Crippen LogP contribution is -2.46. The number of aliphatic carboxylic acids is 1. The predicted octanol–water partition coefficient (Wildman–Crippen LogP) is 6.06. The fourth-order valence-electron chi connectivity index (χ4n) is 8.04. The van der Waals surface area contributed by atoms with Crippen LogP contribution in [0.15, 0.2) is 66.7 Å². The van der Waals surface area contributed by atoms with Crippen LogP contribution in [-0.2, 0) is 11.3 Å². The van der Waals surface area contributed by atoms with Crippen LogP contribution in [0.25, 0.3) is 0 Å². The zero-order valence-corrected chi connectivity index (χ0v) is 25.5. The van der Waals surface area contributed by atoms with E-state index in [-0.39, 0.29) is 17.7 Å². The van der Waals surface area contributed by atoms with Gasteiger partial charge in [-0.2, -0.15) is 5.10 Å². The number of hydrogen-bond donors (Lipinski definition) is 1. The van der Waals surface area contributed by atoms with Crippen molar-refractivity contribution in [1.29, 1.82) is 0 Å². The van der Waals surface area contributed by atoms with Crippen LogP contribution in [0.5, 0.6) is 0 Å². The van der Waals surface area contributed by atoms with Crippen LogP contribution in [-0.4, -0.2) is 75.2 Å². The first-order valence-corrected chi connectivity index (χ1v) is 16.4. The molecule has 1 saturated carbocycles. The molecule has 0 radical (unpaired) electrons. The zero-order valence-electron chi connectivity index (χ0n) is 25.5. The molecular formula is C36H46N4O3. The van der Waals surface area contributed by atoms with Crippen molar-refractivity contribution in [3.8, 4) is 0 Å². The van der Waals surface area contributed by atoms with Crippen molar-refractivity contribution >= 4 is 11.8 Å². The minimum Gasteiger partial charge on any atom is -0.480 e. The number of carbonyl (C=O) groups is 2. The van der Waals surface area contributed by atoms with Gasteiger partial charge in [0.15, 0.2) is 0 Å². The number of aromatic nitrogens is 2. The van der Waals surface area contributed by atoms with Crippen LogP contribution in [0.1, 0.15) is 91.0 Å². The number of ketones is 1. The highest BCUT2D eigenvalue weighted by Gasteiger charge is 2.43. The highest BCUT2D eigenvalue weighted by Crippen LogP contribution is 2.39. The second-order valence-electron chi connectivity index (χ2n) is 13.0. The second kappa shape index (κ2) is 13.6. The maximum absolute atomic E-state index is 13.2. The van der Waals surface area contributed by atoms with Crippen molar-refractivity contribution in [2.45, 2.75) is 76.3 Å². The van der Waals surface area contributed by atoms with Gasteiger partial charge in [-0.1, -0.05) is 79.9 Å². The molecule has 3 unspecified atom stereocenters. The average Bonchev–Trinajstić information content (AvgIpc) is 3.67. The first-order chi connectivity index (χ1) is 21.0. The van der Waals surface area contributed by atoms with Gasteiger partial charge in [-0.05, 0) is 69.2 Å². The van der Waals surface area contributed by atoms with Gasteiger partial charge < -0.3 is 10.0 Å². The summed E-state index contributed by atoms with van der Waals surface area (Å²) in [5.74, 6) is 0.744. The van der Waals surface area contributed by atoms with Crippen molar-refractivity contribution in [2.75, 3.05) is 32.7 Å². The smallest absolute Gasteiger partial charge is 0.321 e. The van der Waals surface area contributed by atoms with E-state index in [1.807, 2.05) is 48.0 Å². The van der Waals surface area contributed by atoms with Gasteiger partial charge >= 0.3 is 5.97 Å². The van der Waals surface area contributed by atoms with Crippen molar-refractivity contribution in [1.82, 2.24) is 19.6 Å². The molecule has 0 bridgehead atoms. The molecule has 3 heterocycles. The summed E-state index contributed by atoms with van der Waals surface area (Å²) in [5.41, 5.74) is 3.74. The van der Waals surface area contributed by atoms with Crippen LogP contribution >= 0.6 is 0 Å². The summed E-state index contributed by atoms with van der Waals surface area (Å²) >= 11 is 0. The number of hydrogen-bond acceptors (Lipinski definition) is 5. The molecule has 7 nitrogen and oxygen atoms in total. The third kappa shape index (κ3) is 6.63. The highest BCUT2D eigenvalue weighted by molar-refractivity contribution is 6.07. The number of aryl methyl sites for hydroxylation is 1. The molecule has 2 saturated heterocycles. The van der Waals surface area contributed by atoms with E-state index >= 15 is 0 Å². The Bertz CT molecular complexity index is 1360. The molecule has 43 heavy (non-hydrogen) atoms. The van der Waals surface area contributed by atoms with Crippen molar-refractivity contribution in [3.63, 3.8) is 0 Å². The van der Waals surface area contributed by atoms with Crippen LogP contribution in [0.4, 0.5) is 0 Å². The lowest BCUT2D eigenvalue weighted by Gasteiger charge is -2.35. The number of carboxylic acid groups (broad SMARTS) is 1. The highest BCUT2D eigenvalue weighted by atomic mass is 16.4. The Balaban J connectivity index is 1.13. The van der Waals surface area contributed by atoms with E-state index in [2.05, 4.69) is 40.1 Å². The van der Waals surface area contributed by atoms with Crippen LogP contribution < -0.4 is 0 Å². The SMILES string of the molecule is CCn1nc(C2CCN(CC3CN(C(C(=O)O)C4CCCCC4)CC3c3ccccc3)CC2)cc1C(=O)c1ccccc1. The Kier molecular flexibility index (Phi) is 9.39. The molecule has 3 fully saturated rings. The Morgan fingerprint density at radius 3 is 2.23 bits per heavy atom. The molecule has 2 aliphatic heterocycles. The standard InChI is InChI=1S/C36H46N4O3/c1-2-40-33(35(41)29-16-10-5-11-17-29)22-32(37-40)27-18-20-38(21-19-27)23-30-24-39(25-31(30)26-12-6-3-7-13-26)34(36(42)43)28-14-8-4-9-15-28/h3,5-7,10-13,16-17,22,27-28,30-31,34H,2,4,8-9,14-15,18-21,23-25H2,1H3,(H,42,43). The second-order valence-corrected chi connectivity index (χ2v) is 13.0. The van der Waals surface area contributed by atoms with E-state index < -0.39 is 5.97 Å². The first kappa shape index (κ1) is 29.8. The summed E-state index contributed by atoms with van der Waals surface area (Å²) in [4.78, 5) is 30.7. The maximum Gasteiger partial charge on any atom is 0.321 e. The lowest BCUT2D eigenvalue weighted by molar-refractivity contribution is -0.145. The zero-order chi connectivity index (χ0) is 29.8. The van der Waals surface area contributed by atoms with Gasteiger partial charge in [0, 0.05) is 43.6 Å². The molecular weight excluding hydrogens is 536 g/mol. The number of piperidine rings is 1. The van der Waals surface area contributed by atoms with Gasteiger partial charge in [0.1, 0.15) is 11.7 Å². The number of nitrogens with zero attached hydrogens (tertiary/aromatic N) is 4. The van der Waals surface area contributed by atoms with Crippen molar-refractivity contribution in [2.24, 2.45) is 11.8 Å². The van der Waals surface area contributed by atoms with E-state index in [1.54, 1.807) is 0 Å². The number of benzene rings is 2. The van der Waals surface area contributed by atoms with Gasteiger partial charge in [-0.15, -0.1) is 0 Å². The largest absolute Gasteiger partial charge is 0.480 e. The van der Waals surface area contributed by atoms with Crippen LogP contribution in [0, 0.1) is 11.8 Å². The number of carbonyl (C=O) groups excluding carboxylic acids is 1. The minimum atomic E-state index is -0.642. The van der Waals surface area contributed by atoms with Crippen LogP contribution in [0.3, 0.4) is 0 Å². The minimum absolute atomic E-state index is 0.0317. The summed E-state index contributed by atoms with van der Waals surface area (Å²) < 4.78 is 1.86. The van der Waals surface area contributed by atoms with Gasteiger partial charge in [-0.25, -0.2) is 0 Å². The van der Waals surface area contributed by atoms with Gasteiger partial charge in [0.2, 0.25) is 5.78 Å². The Morgan fingerprint density at radius 2 is 1.58 bits per heavy atom. The van der Waals surface area contributed by atoms with Gasteiger partial charge in [-0.3, -0.25) is 19.2 Å². The summed E-state index contributed by atoms with van der Waals surface area (Å²) in [5, 5.41) is 15.2. The fraction of sp³-hybridized carbons (Fsp3) is 0.528. The normalized spacial score (nSPS) is 23.4. The average molecular weight is 583 g/mol. The molecule has 228 valence electrons. The van der Waals surface area contributed by atoms with E-state index in [1.165, 1.54) is 12.0 Å². The molecule has 2 aromatic carbocycles. The molecule has 1 aliphatic carbocycles. The molecule has 7 heteroatoms. The Morgan fingerprint density at radius 1 is 0.907 bits per heavy atom. The quantitative estimate of drug-likeness (QED) is 0.293. The molecule has 3 aromatic rings. The monoisotopic (exact) mass is 582 g/mol. The lowest BCUT2D eigenvalue weighted by atomic mass is 9.83. The van der Waals surface area contributed by atoms with Crippen LogP contribution in [0.2, 0.25) is 0 Å². The first-order valence-electron chi connectivity index (χ1n) is 16.4. The molecule has 1 N–H and O–H groups in total. The molecule has 6 rings (SSSR count). The molecule has 3 aliphatic rings. The predicted molar refractivity (Wildman–Crippen MR) is 168 cm³/mol. The Labute approximate surface area is 255 Å². The molecule has 0 spiro atoms. The molecule has 0 amide bonds. The van der Waals surface area contributed by atoms with E-state index in [0.717, 1.165) is 76.9 Å². The molecule has 1 aromatic heterocycles. The fourth-order valence-corrected chi connectivity index (χ4v) is 8.04. The molecule has 3 atom stereocenters. The number of carboxylic acids is 1. The van der Waals surface area contributed by atoms with Gasteiger partial charge in [0.25, 0.3) is 0 Å². The maximum atomic E-state index is 13.2. The van der Waals surface area contributed by atoms with Crippen molar-refractivity contribution < 1.29 is 14.7 Å². The van der Waals surface area contributed by atoms with Crippen molar-refractivity contribution in [3.05, 3.63) is 89.2 Å². The third-order valence-corrected chi connectivity index (χ3v) is 10.3. The number of likely N-dealkylation sites (tertiary alicyclic amines) is 2. The summed E-state index contributed by atoms with van der Waals surface area (Å²) in [7, 11) is 0. The summed E-state index contributed by atoms with van der Waals surface area (Å²) in [6.07, 6.45) is 7.65. The van der Waals surface area contributed by atoms with Gasteiger partial charge in [0.05, 0.1) is 5.69 Å². The summed E-state index contributed by atoms with van der Waals surface area (Å²) in [6.45, 7) is 7.36. The topological polar surface area (TPSA) is 78.7 Å². The Hall–Kier alpha value is -3.29. The summed E-state index contributed by atoms with van der Waals surface area (Å²) in [6, 6.07) is 21.9. The number of rotatable bonds is 10. The van der Waals surface area contributed by atoms with E-state index in [0.29, 0.717) is 35.6 Å². The van der Waals surface area contributed by atoms with E-state index in [9.17, 15) is 14.7 Å². The third-order valence-electron chi connectivity index (χ3n) is 10.3.